The second-order valence-corrected chi connectivity index (χ2v) is 7.94. The number of carbonyl (C=O) groups is 1. The number of ether oxygens (including phenoxy) is 2. The van der Waals surface area contributed by atoms with E-state index in [1.165, 1.54) is 12.1 Å². The minimum absolute atomic E-state index is 0.0656. The van der Waals surface area contributed by atoms with E-state index in [0.717, 1.165) is 25.2 Å². The third-order valence-corrected chi connectivity index (χ3v) is 5.58. The van der Waals surface area contributed by atoms with Crippen LogP contribution in [0.4, 0.5) is 13.2 Å². The highest BCUT2D eigenvalue weighted by Crippen LogP contribution is 2.35. The standard InChI is InChI=1S/C22H29F3N2O4/c1-26-8-10-27(11-9-26)21(29)19-14-17(15-20(31-19)30-13-3-2-12-28)16-4-6-18(7-5-16)22(23,24)25/h4-7,14,17,20,28H,2-3,8-13,15H2,1H3/t17-,20+/m1/s1. The van der Waals surface area contributed by atoms with Crippen LogP contribution in [0.25, 0.3) is 0 Å². The molecule has 1 N–H and O–H groups in total. The fourth-order valence-electron chi connectivity index (χ4n) is 3.66. The van der Waals surface area contributed by atoms with Crippen molar-refractivity contribution in [1.82, 2.24) is 9.80 Å². The smallest absolute Gasteiger partial charge is 0.416 e. The molecule has 2 atom stereocenters. The first-order valence-corrected chi connectivity index (χ1v) is 10.5. The Kier molecular flexibility index (Phi) is 7.96. The lowest BCUT2D eigenvalue weighted by Crippen LogP contribution is -2.48. The first kappa shape index (κ1) is 23.6. The van der Waals surface area contributed by atoms with Crippen LogP contribution in [0.1, 0.15) is 36.3 Å². The number of hydrogen-bond acceptors (Lipinski definition) is 5. The van der Waals surface area contributed by atoms with Crippen molar-refractivity contribution in [3.8, 4) is 0 Å². The van der Waals surface area contributed by atoms with Crippen molar-refractivity contribution in [3.05, 3.63) is 47.2 Å². The summed E-state index contributed by atoms with van der Waals surface area (Å²) < 4.78 is 50.3. The fourth-order valence-corrected chi connectivity index (χ4v) is 3.66. The second-order valence-electron chi connectivity index (χ2n) is 7.94. The Bertz CT molecular complexity index is 759. The molecule has 0 aromatic heterocycles. The number of halogens is 3. The Morgan fingerprint density at radius 2 is 1.84 bits per heavy atom. The number of carbonyl (C=O) groups excluding carboxylic acids is 1. The molecule has 0 saturated carbocycles. The molecule has 31 heavy (non-hydrogen) atoms. The largest absolute Gasteiger partial charge is 0.459 e. The van der Waals surface area contributed by atoms with Crippen LogP contribution in [-0.4, -0.2) is 73.5 Å². The molecule has 6 nitrogen and oxygen atoms in total. The van der Waals surface area contributed by atoms with Crippen LogP contribution in [0.2, 0.25) is 0 Å². The molecule has 1 saturated heterocycles. The maximum Gasteiger partial charge on any atom is 0.416 e. The van der Waals surface area contributed by atoms with Crippen molar-refractivity contribution < 1.29 is 32.5 Å². The van der Waals surface area contributed by atoms with Crippen LogP contribution in [0, 0.1) is 0 Å². The zero-order valence-electron chi connectivity index (χ0n) is 17.6. The second kappa shape index (κ2) is 10.5. The van der Waals surface area contributed by atoms with E-state index < -0.39 is 18.0 Å². The molecule has 1 fully saturated rings. The van der Waals surface area contributed by atoms with Gasteiger partial charge in [0.05, 0.1) is 12.2 Å². The number of aliphatic hydroxyl groups is 1. The fraction of sp³-hybridized carbons (Fsp3) is 0.591. The molecule has 1 amide bonds. The zero-order chi connectivity index (χ0) is 22.4. The van der Waals surface area contributed by atoms with Gasteiger partial charge >= 0.3 is 6.18 Å². The van der Waals surface area contributed by atoms with Gasteiger partial charge in [0.2, 0.25) is 6.29 Å². The summed E-state index contributed by atoms with van der Waals surface area (Å²) in [6.07, 6.45) is -1.75. The molecule has 2 heterocycles. The van der Waals surface area contributed by atoms with Gasteiger partial charge < -0.3 is 24.4 Å². The number of amides is 1. The van der Waals surface area contributed by atoms with E-state index in [0.29, 0.717) is 44.5 Å². The number of rotatable bonds is 7. The van der Waals surface area contributed by atoms with Crippen molar-refractivity contribution in [2.24, 2.45) is 0 Å². The average Bonchev–Trinajstić information content (AvgIpc) is 2.76. The topological polar surface area (TPSA) is 62.2 Å². The Morgan fingerprint density at radius 1 is 1.16 bits per heavy atom. The van der Waals surface area contributed by atoms with Gasteiger partial charge in [0, 0.05) is 45.1 Å². The number of benzene rings is 1. The van der Waals surface area contributed by atoms with E-state index in [1.54, 1.807) is 11.0 Å². The van der Waals surface area contributed by atoms with Crippen molar-refractivity contribution in [2.45, 2.75) is 37.6 Å². The van der Waals surface area contributed by atoms with E-state index >= 15 is 0 Å². The maximum atomic E-state index is 13.0. The van der Waals surface area contributed by atoms with Crippen LogP contribution in [0.5, 0.6) is 0 Å². The Labute approximate surface area is 180 Å². The molecule has 1 aromatic rings. The molecule has 172 valence electrons. The summed E-state index contributed by atoms with van der Waals surface area (Å²) in [7, 11) is 2.00. The van der Waals surface area contributed by atoms with Crippen molar-refractivity contribution in [1.29, 1.82) is 0 Å². The third-order valence-electron chi connectivity index (χ3n) is 5.58. The molecule has 9 heteroatoms. The molecule has 2 aliphatic heterocycles. The monoisotopic (exact) mass is 442 g/mol. The summed E-state index contributed by atoms with van der Waals surface area (Å²) in [5, 5.41) is 8.92. The lowest BCUT2D eigenvalue weighted by atomic mass is 9.92. The highest BCUT2D eigenvalue weighted by atomic mass is 19.4. The van der Waals surface area contributed by atoms with Crippen LogP contribution >= 0.6 is 0 Å². The van der Waals surface area contributed by atoms with Crippen LogP contribution in [0.3, 0.4) is 0 Å². The van der Waals surface area contributed by atoms with Gasteiger partial charge in [0.1, 0.15) is 0 Å². The van der Waals surface area contributed by atoms with Crippen molar-refractivity contribution in [3.63, 3.8) is 0 Å². The molecule has 0 spiro atoms. The molecule has 0 bridgehead atoms. The lowest BCUT2D eigenvalue weighted by molar-refractivity contribution is -0.153. The molecule has 3 rings (SSSR count). The van der Waals surface area contributed by atoms with E-state index in [-0.39, 0.29) is 24.2 Å². The molecule has 0 aliphatic carbocycles. The summed E-state index contributed by atoms with van der Waals surface area (Å²) in [6, 6.07) is 4.99. The normalized spacial score (nSPS) is 22.7. The summed E-state index contributed by atoms with van der Waals surface area (Å²) in [4.78, 5) is 16.9. The van der Waals surface area contributed by atoms with Gasteiger partial charge in [-0.15, -0.1) is 0 Å². The van der Waals surface area contributed by atoms with Gasteiger partial charge in [-0.05, 0) is 43.7 Å². The molecular formula is C22H29F3N2O4. The molecule has 0 radical (unpaired) electrons. The summed E-state index contributed by atoms with van der Waals surface area (Å²) >= 11 is 0. The first-order chi connectivity index (χ1) is 14.8. The van der Waals surface area contributed by atoms with E-state index in [2.05, 4.69) is 4.90 Å². The van der Waals surface area contributed by atoms with Gasteiger partial charge in [-0.25, -0.2) is 0 Å². The highest BCUT2D eigenvalue weighted by Gasteiger charge is 2.33. The van der Waals surface area contributed by atoms with Crippen LogP contribution < -0.4 is 0 Å². The molecule has 2 aliphatic rings. The quantitative estimate of drug-likeness (QED) is 0.658. The van der Waals surface area contributed by atoms with E-state index in [1.807, 2.05) is 7.05 Å². The Hall–Kier alpha value is -2.10. The third kappa shape index (κ3) is 6.44. The van der Waals surface area contributed by atoms with Crippen molar-refractivity contribution in [2.75, 3.05) is 46.4 Å². The number of allylic oxidation sites excluding steroid dienone is 1. The SMILES string of the molecule is CN1CCN(C(=O)C2=C[C@@H](c3ccc(C(F)(F)F)cc3)C[C@@H](OCCCCO)O2)CC1. The number of aliphatic hydroxyl groups excluding tert-OH is 1. The van der Waals surface area contributed by atoms with Gasteiger partial charge in [0.15, 0.2) is 5.76 Å². The lowest BCUT2D eigenvalue weighted by Gasteiger charge is -2.35. The molecule has 0 unspecified atom stereocenters. The molecular weight excluding hydrogens is 413 g/mol. The number of nitrogens with zero attached hydrogens (tertiary/aromatic N) is 2. The minimum atomic E-state index is -4.40. The maximum absolute atomic E-state index is 13.0. The first-order valence-electron chi connectivity index (χ1n) is 10.5. The highest BCUT2D eigenvalue weighted by molar-refractivity contribution is 5.91. The summed E-state index contributed by atoms with van der Waals surface area (Å²) in [5.74, 6) is -0.355. The minimum Gasteiger partial charge on any atom is -0.459 e. The predicted molar refractivity (Wildman–Crippen MR) is 108 cm³/mol. The predicted octanol–water partition coefficient (Wildman–Crippen LogP) is 2.98. The van der Waals surface area contributed by atoms with E-state index in [9.17, 15) is 18.0 Å². The van der Waals surface area contributed by atoms with E-state index in [4.69, 9.17) is 14.6 Å². The number of alkyl halides is 3. The Morgan fingerprint density at radius 3 is 2.45 bits per heavy atom. The summed E-state index contributed by atoms with van der Waals surface area (Å²) in [6.45, 7) is 3.13. The number of likely N-dealkylation sites (N-methyl/N-ethyl adjacent to an activating group) is 1. The van der Waals surface area contributed by atoms with Gasteiger partial charge in [-0.2, -0.15) is 13.2 Å². The van der Waals surface area contributed by atoms with Crippen LogP contribution in [-0.2, 0) is 20.4 Å². The van der Waals surface area contributed by atoms with Gasteiger partial charge in [-0.3, -0.25) is 4.79 Å². The van der Waals surface area contributed by atoms with Crippen LogP contribution in [0.15, 0.2) is 36.1 Å². The van der Waals surface area contributed by atoms with Gasteiger partial charge in [-0.1, -0.05) is 12.1 Å². The zero-order valence-corrected chi connectivity index (χ0v) is 17.6. The van der Waals surface area contributed by atoms with Crippen molar-refractivity contribution >= 4 is 5.91 Å². The molecule has 1 aromatic carbocycles. The number of piperazine rings is 1. The van der Waals surface area contributed by atoms with Gasteiger partial charge in [0.25, 0.3) is 5.91 Å². The summed E-state index contributed by atoms with van der Waals surface area (Å²) in [5.41, 5.74) is -0.0400. The number of hydrogen-bond donors (Lipinski definition) is 1. The Balaban J connectivity index is 1.76. The average molecular weight is 442 g/mol. The number of unbranched alkanes of at least 4 members (excludes halogenated alkanes) is 1.